The lowest BCUT2D eigenvalue weighted by molar-refractivity contribution is -0.102. The van der Waals surface area contributed by atoms with Crippen molar-refractivity contribution in [2.24, 2.45) is 0 Å². The molecule has 1 fully saturated rings. The monoisotopic (exact) mass is 187 g/mol. The molecule has 3 heteroatoms. The van der Waals surface area contributed by atoms with Crippen molar-refractivity contribution in [2.75, 3.05) is 26.4 Å². The minimum atomic E-state index is 0.255. The van der Waals surface area contributed by atoms with Gasteiger partial charge in [-0.1, -0.05) is 13.8 Å². The number of ether oxygens (including phenoxy) is 2. The van der Waals surface area contributed by atoms with Gasteiger partial charge in [0.1, 0.15) is 0 Å². The number of hydrogen-bond donors (Lipinski definition) is 1. The summed E-state index contributed by atoms with van der Waals surface area (Å²) in [5.41, 5.74) is 0. The van der Waals surface area contributed by atoms with Gasteiger partial charge in [-0.25, -0.2) is 0 Å². The van der Waals surface area contributed by atoms with Crippen LogP contribution in [-0.4, -0.2) is 38.5 Å². The van der Waals surface area contributed by atoms with E-state index in [2.05, 4.69) is 19.2 Å². The van der Waals surface area contributed by atoms with E-state index in [1.54, 1.807) is 0 Å². The summed E-state index contributed by atoms with van der Waals surface area (Å²) in [5.74, 6) is 0. The lowest BCUT2D eigenvalue weighted by Crippen LogP contribution is -2.46. The number of rotatable bonds is 5. The molecule has 0 spiro atoms. The fourth-order valence-corrected chi connectivity index (χ4v) is 1.61. The summed E-state index contributed by atoms with van der Waals surface area (Å²) in [7, 11) is 0. The van der Waals surface area contributed by atoms with Crippen LogP contribution in [0.2, 0.25) is 0 Å². The van der Waals surface area contributed by atoms with Crippen molar-refractivity contribution in [1.29, 1.82) is 0 Å². The van der Waals surface area contributed by atoms with Crippen molar-refractivity contribution in [1.82, 2.24) is 5.32 Å². The van der Waals surface area contributed by atoms with Gasteiger partial charge in [-0.2, -0.15) is 0 Å². The van der Waals surface area contributed by atoms with Crippen LogP contribution in [-0.2, 0) is 9.47 Å². The van der Waals surface area contributed by atoms with E-state index in [0.717, 1.165) is 32.8 Å². The van der Waals surface area contributed by atoms with Crippen LogP contribution in [0, 0.1) is 0 Å². The standard InChI is InChI=1S/C10H21NO2/c1-3-5-11-9(4-2)10-8-12-6-7-13-10/h9-11H,3-8H2,1-2H3. The first-order chi connectivity index (χ1) is 6.38. The molecule has 1 aliphatic heterocycles. The second-order valence-corrected chi connectivity index (χ2v) is 3.45. The Morgan fingerprint density at radius 2 is 2.23 bits per heavy atom. The third kappa shape index (κ3) is 3.63. The molecule has 0 aliphatic carbocycles. The zero-order valence-electron chi connectivity index (χ0n) is 8.71. The van der Waals surface area contributed by atoms with E-state index in [1.807, 2.05) is 0 Å². The SMILES string of the molecule is CCCNC(CC)C1COCCO1. The molecule has 1 aliphatic rings. The molecule has 13 heavy (non-hydrogen) atoms. The van der Waals surface area contributed by atoms with Crippen LogP contribution in [0.4, 0.5) is 0 Å². The quantitative estimate of drug-likeness (QED) is 0.701. The highest BCUT2D eigenvalue weighted by atomic mass is 16.6. The number of nitrogens with one attached hydrogen (secondary N) is 1. The third-order valence-corrected chi connectivity index (χ3v) is 2.39. The van der Waals surface area contributed by atoms with Crippen molar-refractivity contribution in [2.45, 2.75) is 38.8 Å². The molecular formula is C10H21NO2. The fourth-order valence-electron chi connectivity index (χ4n) is 1.61. The van der Waals surface area contributed by atoms with Crippen LogP contribution < -0.4 is 5.32 Å². The van der Waals surface area contributed by atoms with Gasteiger partial charge in [0.15, 0.2) is 0 Å². The topological polar surface area (TPSA) is 30.5 Å². The second kappa shape index (κ2) is 6.35. The molecule has 2 atom stereocenters. The van der Waals surface area contributed by atoms with Gasteiger partial charge in [0.2, 0.25) is 0 Å². The van der Waals surface area contributed by atoms with E-state index in [9.17, 15) is 0 Å². The van der Waals surface area contributed by atoms with E-state index < -0.39 is 0 Å². The predicted octanol–water partition coefficient (Wildman–Crippen LogP) is 1.18. The van der Waals surface area contributed by atoms with E-state index in [0.29, 0.717) is 6.04 Å². The highest BCUT2D eigenvalue weighted by Gasteiger charge is 2.22. The van der Waals surface area contributed by atoms with Gasteiger partial charge in [-0.15, -0.1) is 0 Å². The molecular weight excluding hydrogens is 166 g/mol. The zero-order chi connectivity index (χ0) is 9.52. The van der Waals surface area contributed by atoms with Gasteiger partial charge in [0.05, 0.1) is 25.9 Å². The molecule has 0 saturated carbocycles. The molecule has 3 nitrogen and oxygen atoms in total. The van der Waals surface area contributed by atoms with E-state index in [-0.39, 0.29) is 6.10 Å². The Bertz CT molecular complexity index is 124. The Morgan fingerprint density at radius 3 is 2.77 bits per heavy atom. The van der Waals surface area contributed by atoms with Gasteiger partial charge in [-0.05, 0) is 19.4 Å². The molecule has 1 saturated heterocycles. The normalized spacial score (nSPS) is 25.8. The Balaban J connectivity index is 2.26. The first-order valence-corrected chi connectivity index (χ1v) is 5.31. The Hall–Kier alpha value is -0.120. The molecule has 0 radical (unpaired) electrons. The molecule has 0 aromatic rings. The lowest BCUT2D eigenvalue weighted by Gasteiger charge is -2.30. The van der Waals surface area contributed by atoms with Crippen LogP contribution in [0.15, 0.2) is 0 Å². The summed E-state index contributed by atoms with van der Waals surface area (Å²) >= 11 is 0. The molecule has 0 aromatic carbocycles. The minimum absolute atomic E-state index is 0.255. The van der Waals surface area contributed by atoms with Crippen LogP contribution in [0.1, 0.15) is 26.7 Å². The van der Waals surface area contributed by atoms with Gasteiger partial charge < -0.3 is 14.8 Å². The van der Waals surface area contributed by atoms with Gasteiger partial charge in [-0.3, -0.25) is 0 Å². The Morgan fingerprint density at radius 1 is 1.38 bits per heavy atom. The fraction of sp³-hybridized carbons (Fsp3) is 1.00. The first-order valence-electron chi connectivity index (χ1n) is 5.31. The molecule has 0 aromatic heterocycles. The van der Waals surface area contributed by atoms with E-state index in [4.69, 9.17) is 9.47 Å². The molecule has 78 valence electrons. The van der Waals surface area contributed by atoms with Crippen molar-refractivity contribution in [3.63, 3.8) is 0 Å². The minimum Gasteiger partial charge on any atom is -0.376 e. The summed E-state index contributed by atoms with van der Waals surface area (Å²) in [6.07, 6.45) is 2.53. The maximum Gasteiger partial charge on any atom is 0.0961 e. The van der Waals surface area contributed by atoms with Crippen LogP contribution >= 0.6 is 0 Å². The van der Waals surface area contributed by atoms with Crippen LogP contribution in [0.5, 0.6) is 0 Å². The summed E-state index contributed by atoms with van der Waals surface area (Å²) in [4.78, 5) is 0. The first kappa shape index (κ1) is 11.0. The average Bonchev–Trinajstić information content (AvgIpc) is 2.21. The average molecular weight is 187 g/mol. The maximum absolute atomic E-state index is 5.64. The zero-order valence-corrected chi connectivity index (χ0v) is 8.71. The summed E-state index contributed by atoms with van der Waals surface area (Å²) < 4.78 is 11.0. The Kier molecular flexibility index (Phi) is 5.35. The largest absolute Gasteiger partial charge is 0.376 e. The summed E-state index contributed by atoms with van der Waals surface area (Å²) in [6, 6.07) is 0.459. The van der Waals surface area contributed by atoms with Crippen LogP contribution in [0.3, 0.4) is 0 Å². The van der Waals surface area contributed by atoms with Gasteiger partial charge >= 0.3 is 0 Å². The summed E-state index contributed by atoms with van der Waals surface area (Å²) in [5, 5.41) is 3.48. The molecule has 1 heterocycles. The predicted molar refractivity (Wildman–Crippen MR) is 52.9 cm³/mol. The molecule has 0 amide bonds. The van der Waals surface area contributed by atoms with E-state index >= 15 is 0 Å². The lowest BCUT2D eigenvalue weighted by atomic mass is 10.1. The van der Waals surface area contributed by atoms with E-state index in [1.165, 1.54) is 6.42 Å². The smallest absolute Gasteiger partial charge is 0.0961 e. The van der Waals surface area contributed by atoms with Crippen molar-refractivity contribution < 1.29 is 9.47 Å². The van der Waals surface area contributed by atoms with Crippen molar-refractivity contribution in [3.8, 4) is 0 Å². The van der Waals surface area contributed by atoms with Gasteiger partial charge in [0, 0.05) is 6.04 Å². The molecule has 0 bridgehead atoms. The second-order valence-electron chi connectivity index (χ2n) is 3.45. The highest BCUT2D eigenvalue weighted by molar-refractivity contribution is 4.77. The van der Waals surface area contributed by atoms with Crippen molar-refractivity contribution in [3.05, 3.63) is 0 Å². The molecule has 2 unspecified atom stereocenters. The maximum atomic E-state index is 5.64. The Labute approximate surface area is 80.8 Å². The number of hydrogen-bond acceptors (Lipinski definition) is 3. The van der Waals surface area contributed by atoms with Crippen molar-refractivity contribution >= 4 is 0 Å². The highest BCUT2D eigenvalue weighted by Crippen LogP contribution is 2.08. The van der Waals surface area contributed by atoms with Gasteiger partial charge in [0.25, 0.3) is 0 Å². The molecule has 1 rings (SSSR count). The third-order valence-electron chi connectivity index (χ3n) is 2.39. The van der Waals surface area contributed by atoms with Crippen LogP contribution in [0.25, 0.3) is 0 Å². The summed E-state index contributed by atoms with van der Waals surface area (Å²) in [6.45, 7) is 7.67. The molecule has 1 N–H and O–H groups in total.